The summed E-state index contributed by atoms with van der Waals surface area (Å²) < 4.78 is 0. The Hall–Kier alpha value is -0.0400. The first-order valence-electron chi connectivity index (χ1n) is 4.58. The van der Waals surface area contributed by atoms with E-state index in [2.05, 4.69) is 11.9 Å². The largest absolute Gasteiger partial charge is 0.306 e. The molecule has 10 heavy (non-hydrogen) atoms. The maximum Gasteiger partial charge on any atom is -0.00213 e. The highest BCUT2D eigenvalue weighted by molar-refractivity contribution is 4.59. The van der Waals surface area contributed by atoms with E-state index in [1.165, 1.54) is 25.9 Å². The van der Waals surface area contributed by atoms with Gasteiger partial charge in [0.15, 0.2) is 0 Å². The van der Waals surface area contributed by atoms with E-state index in [1.807, 2.05) is 27.7 Å². The highest BCUT2D eigenvalue weighted by Gasteiger charge is 2.03. The Morgan fingerprint density at radius 2 is 1.10 bits per heavy atom. The minimum atomic E-state index is 1.32. The summed E-state index contributed by atoms with van der Waals surface area (Å²) in [6.07, 6.45) is 2.83. The van der Waals surface area contributed by atoms with Gasteiger partial charge in [0.1, 0.15) is 0 Å². The van der Waals surface area contributed by atoms with Gasteiger partial charge in [0.25, 0.3) is 0 Å². The Morgan fingerprint density at radius 1 is 0.800 bits per heavy atom. The minimum absolute atomic E-state index is 1.32. The number of rotatable bonds is 0. The van der Waals surface area contributed by atoms with Crippen LogP contribution < -0.4 is 0 Å². The fourth-order valence-corrected chi connectivity index (χ4v) is 0.875. The van der Waals surface area contributed by atoms with Gasteiger partial charge < -0.3 is 4.90 Å². The van der Waals surface area contributed by atoms with Crippen molar-refractivity contribution in [3.8, 4) is 0 Å². The molecule has 0 amide bonds. The zero-order valence-corrected chi connectivity index (χ0v) is 8.28. The normalized spacial score (nSPS) is 16.5. The number of hydrogen-bond donors (Lipinski definition) is 0. The first-order chi connectivity index (χ1) is 4.89. The van der Waals surface area contributed by atoms with Crippen LogP contribution in [-0.2, 0) is 0 Å². The summed E-state index contributed by atoms with van der Waals surface area (Å²) in [6.45, 7) is 10.6. The summed E-state index contributed by atoms with van der Waals surface area (Å²) in [6, 6.07) is 0. The molecule has 0 saturated carbocycles. The molecule has 0 N–H and O–H groups in total. The molecule has 1 heteroatoms. The Balaban J connectivity index is 0. The predicted molar refractivity (Wildman–Crippen MR) is 49.4 cm³/mol. The monoisotopic (exact) mass is 145 g/mol. The van der Waals surface area contributed by atoms with Crippen molar-refractivity contribution in [1.82, 2.24) is 4.90 Å². The van der Waals surface area contributed by atoms with Crippen LogP contribution >= 0.6 is 0 Å². The van der Waals surface area contributed by atoms with Gasteiger partial charge in [0.05, 0.1) is 0 Å². The Bertz CT molecular complexity index is 38.0. The molecule has 0 aromatic heterocycles. The number of likely N-dealkylation sites (tertiary alicyclic amines) is 1. The third-order valence-corrected chi connectivity index (χ3v) is 1.33. The zero-order valence-electron chi connectivity index (χ0n) is 8.28. The maximum absolute atomic E-state index is 2.36. The highest BCUT2D eigenvalue weighted by Crippen LogP contribution is 2.01. The second-order valence-corrected chi connectivity index (χ2v) is 2.01. The second-order valence-electron chi connectivity index (χ2n) is 2.01. The smallest absolute Gasteiger partial charge is 0.00213 e. The molecule has 0 atom stereocenters. The molecular weight excluding hydrogens is 122 g/mol. The molecule has 1 saturated heterocycles. The van der Waals surface area contributed by atoms with E-state index in [4.69, 9.17) is 0 Å². The fourth-order valence-electron chi connectivity index (χ4n) is 0.875. The summed E-state index contributed by atoms with van der Waals surface area (Å²) in [7, 11) is 2.17. The van der Waals surface area contributed by atoms with E-state index >= 15 is 0 Å². The fraction of sp³-hybridized carbons (Fsp3) is 1.00. The van der Waals surface area contributed by atoms with Crippen LogP contribution in [0.3, 0.4) is 0 Å². The van der Waals surface area contributed by atoms with Gasteiger partial charge in [-0.1, -0.05) is 27.7 Å². The van der Waals surface area contributed by atoms with Crippen LogP contribution in [0.15, 0.2) is 0 Å². The first kappa shape index (κ1) is 12.6. The standard InChI is InChI=1S/C5H11N.2C2H6/c1-6-4-2-3-5-6;2*1-2/h2-5H2,1H3;2*1-2H3. The molecule has 1 aliphatic rings. The quantitative estimate of drug-likeness (QED) is 0.506. The molecule has 0 radical (unpaired) electrons. The maximum atomic E-state index is 2.36. The summed E-state index contributed by atoms with van der Waals surface area (Å²) in [5.41, 5.74) is 0. The van der Waals surface area contributed by atoms with Crippen molar-refractivity contribution in [2.75, 3.05) is 20.1 Å². The zero-order chi connectivity index (χ0) is 8.41. The lowest BCUT2D eigenvalue weighted by molar-refractivity contribution is 0.418. The van der Waals surface area contributed by atoms with E-state index in [0.717, 1.165) is 0 Å². The lowest BCUT2D eigenvalue weighted by Gasteiger charge is -2.01. The van der Waals surface area contributed by atoms with Gasteiger partial charge in [-0.2, -0.15) is 0 Å². The molecule has 1 rings (SSSR count). The van der Waals surface area contributed by atoms with Crippen LogP contribution in [-0.4, -0.2) is 25.0 Å². The molecule has 0 unspecified atom stereocenters. The van der Waals surface area contributed by atoms with E-state index in [-0.39, 0.29) is 0 Å². The van der Waals surface area contributed by atoms with Crippen LogP contribution in [0.4, 0.5) is 0 Å². The van der Waals surface area contributed by atoms with E-state index in [9.17, 15) is 0 Å². The van der Waals surface area contributed by atoms with Crippen molar-refractivity contribution in [2.45, 2.75) is 40.5 Å². The van der Waals surface area contributed by atoms with E-state index in [1.54, 1.807) is 0 Å². The van der Waals surface area contributed by atoms with Crippen molar-refractivity contribution in [1.29, 1.82) is 0 Å². The van der Waals surface area contributed by atoms with Crippen LogP contribution in [0.5, 0.6) is 0 Å². The van der Waals surface area contributed by atoms with E-state index < -0.39 is 0 Å². The number of nitrogens with zero attached hydrogens (tertiary/aromatic N) is 1. The second kappa shape index (κ2) is 11.7. The molecule has 0 aromatic rings. The average Bonchev–Trinajstić information content (AvgIpc) is 2.48. The molecule has 64 valence electrons. The van der Waals surface area contributed by atoms with Crippen molar-refractivity contribution in [2.24, 2.45) is 0 Å². The van der Waals surface area contributed by atoms with Crippen LogP contribution in [0.25, 0.3) is 0 Å². The van der Waals surface area contributed by atoms with Gasteiger partial charge in [-0.15, -0.1) is 0 Å². The van der Waals surface area contributed by atoms with Gasteiger partial charge in [0, 0.05) is 0 Å². The average molecular weight is 145 g/mol. The summed E-state index contributed by atoms with van der Waals surface area (Å²) in [5, 5.41) is 0. The molecule has 1 aliphatic heterocycles. The number of hydrogen-bond acceptors (Lipinski definition) is 1. The minimum Gasteiger partial charge on any atom is -0.306 e. The van der Waals surface area contributed by atoms with Crippen LogP contribution in [0.1, 0.15) is 40.5 Å². The Labute approximate surface area is 66.4 Å². The van der Waals surface area contributed by atoms with Gasteiger partial charge in [-0.05, 0) is 33.0 Å². The Morgan fingerprint density at radius 3 is 1.20 bits per heavy atom. The summed E-state index contributed by atoms with van der Waals surface area (Å²) in [4.78, 5) is 2.36. The van der Waals surface area contributed by atoms with Gasteiger partial charge in [-0.3, -0.25) is 0 Å². The predicted octanol–water partition coefficient (Wildman–Crippen LogP) is 2.76. The first-order valence-corrected chi connectivity index (χ1v) is 4.58. The molecule has 0 aromatic carbocycles. The molecule has 1 fully saturated rings. The van der Waals surface area contributed by atoms with Crippen molar-refractivity contribution >= 4 is 0 Å². The van der Waals surface area contributed by atoms with Crippen molar-refractivity contribution in [3.05, 3.63) is 0 Å². The van der Waals surface area contributed by atoms with E-state index in [0.29, 0.717) is 0 Å². The molecular formula is C9H23N. The van der Waals surface area contributed by atoms with Gasteiger partial charge in [-0.25, -0.2) is 0 Å². The highest BCUT2D eigenvalue weighted by atomic mass is 15.1. The molecule has 0 aliphatic carbocycles. The third-order valence-electron chi connectivity index (χ3n) is 1.33. The molecule has 1 nitrogen and oxygen atoms in total. The molecule has 0 bridgehead atoms. The van der Waals surface area contributed by atoms with Gasteiger partial charge >= 0.3 is 0 Å². The summed E-state index contributed by atoms with van der Waals surface area (Å²) >= 11 is 0. The summed E-state index contributed by atoms with van der Waals surface area (Å²) in [5.74, 6) is 0. The molecule has 0 spiro atoms. The molecule has 1 heterocycles. The van der Waals surface area contributed by atoms with Crippen molar-refractivity contribution < 1.29 is 0 Å². The van der Waals surface area contributed by atoms with Gasteiger partial charge in [0.2, 0.25) is 0 Å². The third kappa shape index (κ3) is 7.96. The SMILES string of the molecule is CC.CC.CN1CCCC1. The van der Waals surface area contributed by atoms with Crippen LogP contribution in [0, 0.1) is 0 Å². The lowest BCUT2D eigenvalue weighted by atomic mass is 10.4. The Kier molecular flexibility index (Phi) is 14.8. The topological polar surface area (TPSA) is 3.24 Å². The van der Waals surface area contributed by atoms with Crippen LogP contribution in [0.2, 0.25) is 0 Å². The van der Waals surface area contributed by atoms with Crippen molar-refractivity contribution in [3.63, 3.8) is 0 Å². The lowest BCUT2D eigenvalue weighted by Crippen LogP contribution is -2.10.